The van der Waals surface area contributed by atoms with Gasteiger partial charge in [0.05, 0.1) is 12.1 Å². The van der Waals surface area contributed by atoms with E-state index in [1.165, 1.54) is 0 Å². The molecule has 1 heterocycles. The Labute approximate surface area is 155 Å². The molecule has 2 rings (SSSR count). The van der Waals surface area contributed by atoms with Gasteiger partial charge in [0.15, 0.2) is 5.96 Å². The van der Waals surface area contributed by atoms with Gasteiger partial charge in [-0.3, -0.25) is 4.68 Å². The lowest BCUT2D eigenvalue weighted by Crippen LogP contribution is -2.40. The number of guanidine groups is 1. The maximum atomic E-state index is 13.2. The number of hydrogen-bond acceptors (Lipinski definition) is 2. The Morgan fingerprint density at radius 1 is 1.30 bits per heavy atom. The van der Waals surface area contributed by atoms with Crippen LogP contribution in [0.4, 0.5) is 17.6 Å². The number of nitrogens with zero attached hydrogens (tertiary/aromatic N) is 3. The quantitative estimate of drug-likeness (QED) is 0.436. The zero-order chi connectivity index (χ0) is 19.9. The lowest BCUT2D eigenvalue weighted by molar-refractivity contribution is -0.138. The van der Waals surface area contributed by atoms with E-state index < -0.39 is 17.6 Å². The summed E-state index contributed by atoms with van der Waals surface area (Å²) in [5.74, 6) is -0.292. The van der Waals surface area contributed by atoms with E-state index in [1.807, 2.05) is 30.8 Å². The molecule has 148 valence electrons. The highest BCUT2D eigenvalue weighted by Crippen LogP contribution is 2.32. The molecule has 1 aromatic heterocycles. The molecule has 27 heavy (non-hydrogen) atoms. The van der Waals surface area contributed by atoms with Crippen molar-refractivity contribution in [2.75, 3.05) is 13.1 Å². The summed E-state index contributed by atoms with van der Waals surface area (Å²) in [6.07, 6.45) is -1.06. The van der Waals surface area contributed by atoms with E-state index in [0.29, 0.717) is 31.7 Å². The van der Waals surface area contributed by atoms with E-state index in [9.17, 15) is 17.6 Å². The van der Waals surface area contributed by atoms with Crippen molar-refractivity contribution in [3.63, 3.8) is 0 Å². The van der Waals surface area contributed by atoms with Crippen LogP contribution in [0.25, 0.3) is 0 Å². The number of halogens is 4. The molecule has 0 fully saturated rings. The molecule has 5 nitrogen and oxygen atoms in total. The summed E-state index contributed by atoms with van der Waals surface area (Å²) in [7, 11) is 0. The van der Waals surface area contributed by atoms with Crippen LogP contribution in [0.15, 0.2) is 41.7 Å². The average molecular weight is 385 g/mol. The van der Waals surface area contributed by atoms with Gasteiger partial charge in [-0.1, -0.05) is 13.0 Å². The zero-order valence-corrected chi connectivity index (χ0v) is 15.2. The smallest absolute Gasteiger partial charge is 0.357 e. The minimum Gasteiger partial charge on any atom is -0.357 e. The van der Waals surface area contributed by atoms with E-state index >= 15 is 0 Å². The van der Waals surface area contributed by atoms with Gasteiger partial charge < -0.3 is 10.6 Å². The first kappa shape index (κ1) is 20.7. The summed E-state index contributed by atoms with van der Waals surface area (Å²) in [5.41, 5.74) is -1.08. The second kappa shape index (κ2) is 9.38. The van der Waals surface area contributed by atoms with E-state index in [4.69, 9.17) is 0 Å². The lowest BCUT2D eigenvalue weighted by atomic mass is 10.1. The van der Waals surface area contributed by atoms with Crippen molar-refractivity contribution < 1.29 is 17.6 Å². The normalized spacial score (nSPS) is 13.5. The topological polar surface area (TPSA) is 54.2 Å². The fraction of sp³-hybridized carbons (Fsp3) is 0.444. The highest BCUT2D eigenvalue weighted by atomic mass is 19.4. The van der Waals surface area contributed by atoms with Crippen LogP contribution < -0.4 is 10.6 Å². The van der Waals surface area contributed by atoms with Crippen LogP contribution in [0.1, 0.15) is 25.0 Å². The molecule has 0 bridgehead atoms. The van der Waals surface area contributed by atoms with Crippen molar-refractivity contribution in [2.45, 2.75) is 33.1 Å². The molecule has 1 atom stereocenters. The second-order valence-electron chi connectivity index (χ2n) is 6.21. The fourth-order valence-electron chi connectivity index (χ4n) is 2.52. The van der Waals surface area contributed by atoms with E-state index in [1.54, 1.807) is 6.20 Å². The zero-order valence-electron chi connectivity index (χ0n) is 15.2. The summed E-state index contributed by atoms with van der Waals surface area (Å²) in [6.45, 7) is 5.52. The first-order valence-electron chi connectivity index (χ1n) is 8.64. The van der Waals surface area contributed by atoms with Gasteiger partial charge >= 0.3 is 6.18 Å². The summed E-state index contributed by atoms with van der Waals surface area (Å²) in [6, 6.07) is 4.46. The number of rotatable bonds is 7. The molecule has 0 amide bonds. The van der Waals surface area contributed by atoms with Crippen LogP contribution in [0.2, 0.25) is 0 Å². The van der Waals surface area contributed by atoms with Crippen LogP contribution in [0, 0.1) is 11.7 Å². The molecule has 1 aromatic carbocycles. The van der Waals surface area contributed by atoms with Crippen molar-refractivity contribution in [2.24, 2.45) is 10.9 Å². The van der Waals surface area contributed by atoms with Gasteiger partial charge in [0, 0.05) is 32.0 Å². The number of aliphatic imine (C=N–C) groups is 1. The number of benzene rings is 1. The van der Waals surface area contributed by atoms with E-state index in [2.05, 4.69) is 20.7 Å². The van der Waals surface area contributed by atoms with E-state index in [-0.39, 0.29) is 18.0 Å². The van der Waals surface area contributed by atoms with Gasteiger partial charge in [-0.25, -0.2) is 9.38 Å². The summed E-state index contributed by atoms with van der Waals surface area (Å²) >= 11 is 0. The van der Waals surface area contributed by atoms with Gasteiger partial charge in [-0.15, -0.1) is 0 Å². The van der Waals surface area contributed by atoms with Crippen molar-refractivity contribution in [1.82, 2.24) is 20.4 Å². The molecule has 0 spiro atoms. The van der Waals surface area contributed by atoms with Crippen LogP contribution in [0.3, 0.4) is 0 Å². The SMILES string of the molecule is CCNC(=NCc1ccc(F)cc1C(F)(F)F)NCC(C)Cn1cccn1. The number of nitrogens with one attached hydrogen (secondary N) is 2. The Morgan fingerprint density at radius 3 is 2.70 bits per heavy atom. The molecule has 0 saturated heterocycles. The average Bonchev–Trinajstić information content (AvgIpc) is 3.10. The number of alkyl halides is 3. The molecule has 1 unspecified atom stereocenters. The molecular weight excluding hydrogens is 362 g/mol. The van der Waals surface area contributed by atoms with Crippen molar-refractivity contribution >= 4 is 5.96 Å². The predicted molar refractivity (Wildman–Crippen MR) is 95.6 cm³/mol. The third-order valence-corrected chi connectivity index (χ3v) is 3.80. The second-order valence-corrected chi connectivity index (χ2v) is 6.21. The molecule has 0 aliphatic carbocycles. The van der Waals surface area contributed by atoms with Crippen LogP contribution >= 0.6 is 0 Å². The Bertz CT molecular complexity index is 741. The van der Waals surface area contributed by atoms with Crippen LogP contribution in [-0.4, -0.2) is 28.8 Å². The molecule has 2 aromatic rings. The third-order valence-electron chi connectivity index (χ3n) is 3.80. The highest BCUT2D eigenvalue weighted by Gasteiger charge is 2.33. The van der Waals surface area contributed by atoms with Crippen LogP contribution in [-0.2, 0) is 19.3 Å². The van der Waals surface area contributed by atoms with Gasteiger partial charge in [0.2, 0.25) is 0 Å². The van der Waals surface area contributed by atoms with Crippen LogP contribution in [0.5, 0.6) is 0 Å². The summed E-state index contributed by atoms with van der Waals surface area (Å²) in [4.78, 5) is 4.21. The van der Waals surface area contributed by atoms with Crippen molar-refractivity contribution in [3.05, 3.63) is 53.6 Å². The lowest BCUT2D eigenvalue weighted by Gasteiger charge is -2.16. The minimum absolute atomic E-state index is 0.0781. The Balaban J connectivity index is 2.03. The third kappa shape index (κ3) is 6.58. The number of hydrogen-bond donors (Lipinski definition) is 2. The first-order chi connectivity index (χ1) is 12.8. The Hall–Kier alpha value is -2.58. The Kier molecular flexibility index (Phi) is 7.20. The Morgan fingerprint density at radius 2 is 2.07 bits per heavy atom. The van der Waals surface area contributed by atoms with Gasteiger partial charge in [-0.2, -0.15) is 18.3 Å². The first-order valence-corrected chi connectivity index (χ1v) is 8.64. The van der Waals surface area contributed by atoms with E-state index in [0.717, 1.165) is 12.1 Å². The molecule has 2 N–H and O–H groups in total. The minimum atomic E-state index is -4.63. The number of aromatic nitrogens is 2. The maximum Gasteiger partial charge on any atom is 0.416 e. The van der Waals surface area contributed by atoms with Gasteiger partial charge in [0.25, 0.3) is 0 Å². The van der Waals surface area contributed by atoms with Gasteiger partial charge in [0.1, 0.15) is 5.82 Å². The summed E-state index contributed by atoms with van der Waals surface area (Å²) in [5, 5.41) is 10.3. The van der Waals surface area contributed by atoms with Crippen molar-refractivity contribution in [1.29, 1.82) is 0 Å². The maximum absolute atomic E-state index is 13.2. The fourth-order valence-corrected chi connectivity index (χ4v) is 2.52. The molecule has 0 aliphatic heterocycles. The largest absolute Gasteiger partial charge is 0.416 e. The highest BCUT2D eigenvalue weighted by molar-refractivity contribution is 5.79. The molecule has 0 aliphatic rings. The molecule has 0 saturated carbocycles. The molecule has 9 heteroatoms. The monoisotopic (exact) mass is 385 g/mol. The van der Waals surface area contributed by atoms with Crippen molar-refractivity contribution in [3.8, 4) is 0 Å². The molecule has 0 radical (unpaired) electrons. The standard InChI is InChI=1S/C18H23F4N5/c1-3-23-17(24-10-13(2)12-27-8-4-7-26-27)25-11-14-5-6-15(19)9-16(14)18(20,21)22/h4-9,13H,3,10-12H2,1-2H3,(H2,23,24,25). The predicted octanol–water partition coefficient (Wildman–Crippen LogP) is 3.43. The molecular formula is C18H23F4N5. The van der Waals surface area contributed by atoms with Gasteiger partial charge in [-0.05, 0) is 36.6 Å². The summed E-state index contributed by atoms with van der Waals surface area (Å²) < 4.78 is 54.2.